The number of hydrogen-bond acceptors (Lipinski definition) is 3. The van der Waals surface area contributed by atoms with Crippen LogP contribution in [0.15, 0.2) is 36.7 Å². The van der Waals surface area contributed by atoms with Gasteiger partial charge in [0, 0.05) is 28.9 Å². The maximum atomic E-state index is 12.6. The molecule has 0 fully saturated rings. The zero-order valence-electron chi connectivity index (χ0n) is 10.7. The molecule has 4 nitrogen and oxygen atoms in total. The standard InChI is InChI=1S/C16H10N2O2/c1-8-2-3-10-12(6-8)18-14-13(10)15(19)11-7-17-5-4-9(11)16(14)20/h2-7,18H,1H3. The number of aryl methyl sites for hydroxylation is 1. The molecule has 96 valence electrons. The minimum Gasteiger partial charge on any atom is -0.351 e. The Morgan fingerprint density at radius 1 is 1.05 bits per heavy atom. The highest BCUT2D eigenvalue weighted by molar-refractivity contribution is 6.31. The van der Waals surface area contributed by atoms with Crippen molar-refractivity contribution in [2.75, 3.05) is 0 Å². The first-order valence-electron chi connectivity index (χ1n) is 6.32. The van der Waals surface area contributed by atoms with Crippen molar-refractivity contribution in [2.45, 2.75) is 6.92 Å². The van der Waals surface area contributed by atoms with E-state index in [-0.39, 0.29) is 11.6 Å². The molecule has 1 aliphatic carbocycles. The van der Waals surface area contributed by atoms with Crippen LogP contribution in [0.1, 0.15) is 37.5 Å². The number of aromatic nitrogens is 2. The van der Waals surface area contributed by atoms with Gasteiger partial charge in [-0.3, -0.25) is 14.6 Å². The maximum absolute atomic E-state index is 12.6. The second-order valence-electron chi connectivity index (χ2n) is 5.00. The van der Waals surface area contributed by atoms with E-state index >= 15 is 0 Å². The predicted octanol–water partition coefficient (Wildman–Crippen LogP) is 2.65. The molecule has 0 aliphatic heterocycles. The zero-order valence-corrected chi connectivity index (χ0v) is 10.7. The first kappa shape index (κ1) is 11.1. The summed E-state index contributed by atoms with van der Waals surface area (Å²) in [4.78, 5) is 32.1. The van der Waals surface area contributed by atoms with E-state index in [1.165, 1.54) is 12.4 Å². The van der Waals surface area contributed by atoms with E-state index in [4.69, 9.17) is 0 Å². The van der Waals surface area contributed by atoms with Crippen LogP contribution < -0.4 is 0 Å². The van der Waals surface area contributed by atoms with Crippen molar-refractivity contribution < 1.29 is 9.59 Å². The number of carbonyl (C=O) groups is 2. The van der Waals surface area contributed by atoms with Crippen LogP contribution in [0.2, 0.25) is 0 Å². The second kappa shape index (κ2) is 3.63. The zero-order chi connectivity index (χ0) is 13.9. The molecule has 0 unspecified atom stereocenters. The van der Waals surface area contributed by atoms with Crippen LogP contribution in [0.25, 0.3) is 10.9 Å². The summed E-state index contributed by atoms with van der Waals surface area (Å²) in [5.41, 5.74) is 3.54. The summed E-state index contributed by atoms with van der Waals surface area (Å²) < 4.78 is 0. The van der Waals surface area contributed by atoms with Crippen LogP contribution in [-0.4, -0.2) is 21.5 Å². The average molecular weight is 262 g/mol. The number of carbonyl (C=O) groups excluding carboxylic acids is 2. The van der Waals surface area contributed by atoms with Gasteiger partial charge in [0.15, 0.2) is 5.78 Å². The van der Waals surface area contributed by atoms with Crippen molar-refractivity contribution in [3.8, 4) is 0 Å². The molecule has 4 heteroatoms. The summed E-state index contributed by atoms with van der Waals surface area (Å²) in [5.74, 6) is -0.288. The fraction of sp³-hybridized carbons (Fsp3) is 0.0625. The highest BCUT2D eigenvalue weighted by Gasteiger charge is 2.33. The van der Waals surface area contributed by atoms with E-state index < -0.39 is 0 Å². The number of pyridine rings is 1. The number of nitrogens with zero attached hydrogens (tertiary/aromatic N) is 1. The number of benzene rings is 1. The third kappa shape index (κ3) is 1.28. The average Bonchev–Trinajstić information content (AvgIpc) is 2.83. The number of rotatable bonds is 0. The van der Waals surface area contributed by atoms with Crippen molar-refractivity contribution in [1.82, 2.24) is 9.97 Å². The van der Waals surface area contributed by atoms with Crippen LogP contribution in [0.5, 0.6) is 0 Å². The SMILES string of the molecule is Cc1ccc2c3c([nH]c2c1)C(=O)c1ccncc1C3=O. The van der Waals surface area contributed by atoms with Gasteiger partial charge in [0.25, 0.3) is 0 Å². The smallest absolute Gasteiger partial charge is 0.210 e. The van der Waals surface area contributed by atoms with E-state index in [0.717, 1.165) is 16.5 Å². The molecule has 1 aromatic carbocycles. The van der Waals surface area contributed by atoms with Crippen LogP contribution >= 0.6 is 0 Å². The summed E-state index contributed by atoms with van der Waals surface area (Å²) >= 11 is 0. The highest BCUT2D eigenvalue weighted by atomic mass is 16.1. The van der Waals surface area contributed by atoms with E-state index in [9.17, 15) is 9.59 Å². The Morgan fingerprint density at radius 3 is 2.75 bits per heavy atom. The van der Waals surface area contributed by atoms with E-state index in [0.29, 0.717) is 22.4 Å². The number of fused-ring (bicyclic) bond motifs is 4. The van der Waals surface area contributed by atoms with Crippen molar-refractivity contribution in [1.29, 1.82) is 0 Å². The first-order valence-corrected chi connectivity index (χ1v) is 6.32. The minimum absolute atomic E-state index is 0.141. The lowest BCUT2D eigenvalue weighted by atomic mass is 9.88. The molecular weight excluding hydrogens is 252 g/mol. The lowest BCUT2D eigenvalue weighted by Crippen LogP contribution is -2.20. The molecule has 1 N–H and O–H groups in total. The number of hydrogen-bond donors (Lipinski definition) is 1. The van der Waals surface area contributed by atoms with Crippen molar-refractivity contribution >= 4 is 22.5 Å². The molecule has 4 rings (SSSR count). The highest BCUT2D eigenvalue weighted by Crippen LogP contribution is 2.32. The quantitative estimate of drug-likeness (QED) is 0.530. The third-order valence-corrected chi connectivity index (χ3v) is 3.72. The van der Waals surface area contributed by atoms with Gasteiger partial charge in [-0.05, 0) is 24.6 Å². The van der Waals surface area contributed by atoms with Gasteiger partial charge in [0.05, 0.1) is 16.8 Å². The van der Waals surface area contributed by atoms with Gasteiger partial charge in [-0.1, -0.05) is 12.1 Å². The van der Waals surface area contributed by atoms with E-state index in [1.54, 1.807) is 6.07 Å². The molecule has 0 amide bonds. The molecule has 3 aromatic rings. The lowest BCUT2D eigenvalue weighted by Gasteiger charge is -2.13. The Morgan fingerprint density at radius 2 is 1.90 bits per heavy atom. The lowest BCUT2D eigenvalue weighted by molar-refractivity contribution is 0.0977. The molecule has 0 saturated carbocycles. The largest absolute Gasteiger partial charge is 0.351 e. The summed E-state index contributed by atoms with van der Waals surface area (Å²) in [6.07, 6.45) is 2.99. The molecule has 0 spiro atoms. The molecule has 0 saturated heterocycles. The Kier molecular flexibility index (Phi) is 2.02. The van der Waals surface area contributed by atoms with Crippen LogP contribution in [0.3, 0.4) is 0 Å². The van der Waals surface area contributed by atoms with Gasteiger partial charge >= 0.3 is 0 Å². The molecule has 2 heterocycles. The van der Waals surface area contributed by atoms with Gasteiger partial charge in [-0.15, -0.1) is 0 Å². The van der Waals surface area contributed by atoms with E-state index in [2.05, 4.69) is 9.97 Å². The molecule has 0 atom stereocenters. The van der Waals surface area contributed by atoms with Crippen molar-refractivity contribution in [3.63, 3.8) is 0 Å². The number of H-pyrrole nitrogens is 1. The second-order valence-corrected chi connectivity index (χ2v) is 5.00. The van der Waals surface area contributed by atoms with Gasteiger partial charge in [-0.25, -0.2) is 0 Å². The van der Waals surface area contributed by atoms with Gasteiger partial charge in [-0.2, -0.15) is 0 Å². The minimum atomic E-state index is -0.147. The molecule has 1 aliphatic rings. The summed E-state index contributed by atoms with van der Waals surface area (Å²) in [5, 5.41) is 0.790. The Balaban J connectivity index is 2.11. The van der Waals surface area contributed by atoms with E-state index in [1.807, 2.05) is 25.1 Å². The van der Waals surface area contributed by atoms with Crippen molar-refractivity contribution in [3.05, 3.63) is 64.6 Å². The molecule has 2 aromatic heterocycles. The maximum Gasteiger partial charge on any atom is 0.210 e. The summed E-state index contributed by atoms with van der Waals surface area (Å²) in [6, 6.07) is 7.35. The molecule has 0 bridgehead atoms. The van der Waals surface area contributed by atoms with Gasteiger partial charge < -0.3 is 4.98 Å². The number of ketones is 2. The predicted molar refractivity (Wildman–Crippen MR) is 74.1 cm³/mol. The Hall–Kier alpha value is -2.75. The summed E-state index contributed by atoms with van der Waals surface area (Å²) in [7, 11) is 0. The van der Waals surface area contributed by atoms with Crippen LogP contribution in [-0.2, 0) is 0 Å². The van der Waals surface area contributed by atoms with Crippen molar-refractivity contribution in [2.24, 2.45) is 0 Å². The fourth-order valence-corrected chi connectivity index (χ4v) is 2.76. The Bertz CT molecular complexity index is 906. The molecule has 0 radical (unpaired) electrons. The third-order valence-electron chi connectivity index (χ3n) is 3.72. The molecule has 20 heavy (non-hydrogen) atoms. The topological polar surface area (TPSA) is 62.8 Å². The van der Waals surface area contributed by atoms with Gasteiger partial charge in [0.1, 0.15) is 0 Å². The fourth-order valence-electron chi connectivity index (χ4n) is 2.76. The number of nitrogens with one attached hydrogen (secondary N) is 1. The summed E-state index contributed by atoms with van der Waals surface area (Å²) in [6.45, 7) is 1.97. The van der Waals surface area contributed by atoms with Gasteiger partial charge in [0.2, 0.25) is 5.78 Å². The van der Waals surface area contributed by atoms with Crippen LogP contribution in [0, 0.1) is 6.92 Å². The monoisotopic (exact) mass is 262 g/mol. The Labute approximate surface area is 114 Å². The normalized spacial score (nSPS) is 13.4. The van der Waals surface area contributed by atoms with Crippen LogP contribution in [0.4, 0.5) is 0 Å². The number of aromatic amines is 1. The molecular formula is C16H10N2O2. The first-order chi connectivity index (χ1) is 9.66.